The van der Waals surface area contributed by atoms with Crippen molar-refractivity contribution in [1.82, 2.24) is 14.5 Å². The van der Waals surface area contributed by atoms with Crippen molar-refractivity contribution in [2.75, 3.05) is 20.1 Å². The molecule has 2 aromatic rings. The molecule has 0 radical (unpaired) electrons. The number of benzene rings is 2. The molecule has 0 bridgehead atoms. The highest BCUT2D eigenvalue weighted by Gasteiger charge is 2.30. The Hall–Kier alpha value is -2.78. The van der Waals surface area contributed by atoms with Gasteiger partial charge in [-0.2, -0.15) is 4.31 Å². The van der Waals surface area contributed by atoms with Gasteiger partial charge in [0.1, 0.15) is 11.9 Å². The molecule has 1 unspecified atom stereocenters. The molecule has 0 aliphatic carbocycles. The highest BCUT2D eigenvalue weighted by molar-refractivity contribution is 7.89. The van der Waals surface area contributed by atoms with Crippen LogP contribution >= 0.6 is 0 Å². The van der Waals surface area contributed by atoms with E-state index in [9.17, 15) is 22.4 Å². The number of carbonyl (C=O) groups excluding carboxylic acids is 2. The van der Waals surface area contributed by atoms with E-state index >= 15 is 0 Å². The van der Waals surface area contributed by atoms with Crippen LogP contribution in [0.4, 0.5) is 4.39 Å². The molecule has 0 saturated heterocycles. The first-order chi connectivity index (χ1) is 15.4. The van der Waals surface area contributed by atoms with Crippen molar-refractivity contribution in [2.24, 2.45) is 5.92 Å². The predicted molar refractivity (Wildman–Crippen MR) is 125 cm³/mol. The van der Waals surface area contributed by atoms with Gasteiger partial charge in [0.2, 0.25) is 21.8 Å². The smallest absolute Gasteiger partial charge is 0.243 e. The van der Waals surface area contributed by atoms with Crippen molar-refractivity contribution in [1.29, 1.82) is 0 Å². The molecule has 0 spiro atoms. The zero-order valence-corrected chi connectivity index (χ0v) is 20.5. The van der Waals surface area contributed by atoms with Crippen LogP contribution in [0.1, 0.15) is 31.9 Å². The van der Waals surface area contributed by atoms with Crippen LogP contribution in [0.25, 0.3) is 0 Å². The summed E-state index contributed by atoms with van der Waals surface area (Å²) in [6.45, 7) is 7.39. The van der Waals surface area contributed by atoms with Crippen LogP contribution in [0.2, 0.25) is 0 Å². The van der Waals surface area contributed by atoms with Crippen molar-refractivity contribution >= 4 is 21.8 Å². The van der Waals surface area contributed by atoms with E-state index in [4.69, 9.17) is 0 Å². The van der Waals surface area contributed by atoms with Crippen molar-refractivity contribution < 1.29 is 22.4 Å². The van der Waals surface area contributed by atoms with E-state index in [0.717, 1.165) is 9.87 Å². The molecule has 0 saturated carbocycles. The van der Waals surface area contributed by atoms with Gasteiger partial charge in [0.15, 0.2) is 0 Å². The van der Waals surface area contributed by atoms with Crippen LogP contribution in [0.3, 0.4) is 0 Å². The van der Waals surface area contributed by atoms with Crippen LogP contribution in [0.15, 0.2) is 53.4 Å². The number of halogens is 1. The SMILES string of the molecule is Cc1ccc(S(=O)(=O)N(C)CC(=O)N(Cc2ccc(F)cc2)C(C)C(=O)NCC(C)C)cc1. The second-order valence-corrected chi connectivity index (χ2v) is 10.6. The van der Waals surface area contributed by atoms with Gasteiger partial charge in [-0.25, -0.2) is 12.8 Å². The zero-order valence-electron chi connectivity index (χ0n) is 19.7. The summed E-state index contributed by atoms with van der Waals surface area (Å²) < 4.78 is 40.1. The number of nitrogens with one attached hydrogen (secondary N) is 1. The van der Waals surface area contributed by atoms with E-state index in [0.29, 0.717) is 12.1 Å². The van der Waals surface area contributed by atoms with Gasteiger partial charge in [-0.05, 0) is 49.6 Å². The van der Waals surface area contributed by atoms with Gasteiger partial charge in [-0.15, -0.1) is 0 Å². The van der Waals surface area contributed by atoms with Crippen LogP contribution in [-0.2, 0) is 26.2 Å². The number of amides is 2. The third kappa shape index (κ3) is 7.36. The second-order valence-electron chi connectivity index (χ2n) is 8.54. The Bertz CT molecular complexity index is 1050. The summed E-state index contributed by atoms with van der Waals surface area (Å²) in [5, 5.41) is 2.80. The Labute approximate surface area is 195 Å². The van der Waals surface area contributed by atoms with Crippen molar-refractivity contribution in [2.45, 2.75) is 45.2 Å². The molecule has 1 N–H and O–H groups in total. The molecule has 2 rings (SSSR count). The normalized spacial score (nSPS) is 12.6. The molecule has 0 aliphatic rings. The Morgan fingerprint density at radius 1 is 1.00 bits per heavy atom. The molecule has 0 heterocycles. The topological polar surface area (TPSA) is 86.8 Å². The Morgan fingerprint density at radius 3 is 2.12 bits per heavy atom. The van der Waals surface area contributed by atoms with E-state index < -0.39 is 34.3 Å². The van der Waals surface area contributed by atoms with E-state index in [2.05, 4.69) is 5.32 Å². The maximum atomic E-state index is 13.3. The molecule has 33 heavy (non-hydrogen) atoms. The summed E-state index contributed by atoms with van der Waals surface area (Å²) in [4.78, 5) is 27.3. The molecular weight excluding hydrogens is 445 g/mol. The molecule has 0 aliphatic heterocycles. The summed E-state index contributed by atoms with van der Waals surface area (Å²) >= 11 is 0. The van der Waals surface area contributed by atoms with E-state index in [-0.39, 0.29) is 23.3 Å². The van der Waals surface area contributed by atoms with Crippen LogP contribution in [0.5, 0.6) is 0 Å². The lowest BCUT2D eigenvalue weighted by Gasteiger charge is -2.30. The molecule has 0 aromatic heterocycles. The third-order valence-electron chi connectivity index (χ3n) is 5.21. The summed E-state index contributed by atoms with van der Waals surface area (Å²) in [6.07, 6.45) is 0. The first kappa shape index (κ1) is 26.5. The number of aryl methyl sites for hydroxylation is 1. The summed E-state index contributed by atoms with van der Waals surface area (Å²) in [7, 11) is -2.57. The second kappa shape index (κ2) is 11.4. The Kier molecular flexibility index (Phi) is 9.13. The molecule has 1 atom stereocenters. The number of carbonyl (C=O) groups is 2. The lowest BCUT2D eigenvalue weighted by Crippen LogP contribution is -2.51. The number of hydrogen-bond acceptors (Lipinski definition) is 4. The minimum Gasteiger partial charge on any atom is -0.354 e. The molecular formula is C24H32FN3O4S. The molecule has 2 aromatic carbocycles. The predicted octanol–water partition coefficient (Wildman–Crippen LogP) is 2.94. The van der Waals surface area contributed by atoms with Gasteiger partial charge < -0.3 is 10.2 Å². The first-order valence-corrected chi connectivity index (χ1v) is 12.2. The fourth-order valence-corrected chi connectivity index (χ4v) is 4.20. The first-order valence-electron chi connectivity index (χ1n) is 10.8. The standard InChI is InChI=1S/C24H32FN3O4S/c1-17(2)14-26-24(30)19(4)28(15-20-8-10-21(25)11-9-20)23(29)16-27(5)33(31,32)22-12-6-18(3)7-13-22/h6-13,17,19H,14-16H2,1-5H3,(H,26,30). The van der Waals surface area contributed by atoms with Crippen LogP contribution in [-0.4, -0.2) is 55.6 Å². The maximum absolute atomic E-state index is 13.3. The van der Waals surface area contributed by atoms with Gasteiger partial charge in [-0.1, -0.05) is 43.7 Å². The number of likely N-dealkylation sites (N-methyl/N-ethyl adjacent to an activating group) is 1. The minimum atomic E-state index is -3.89. The minimum absolute atomic E-state index is 0.0355. The lowest BCUT2D eigenvalue weighted by atomic mass is 10.1. The summed E-state index contributed by atoms with van der Waals surface area (Å²) in [5.74, 6) is -1.07. The zero-order chi connectivity index (χ0) is 24.8. The maximum Gasteiger partial charge on any atom is 0.243 e. The van der Waals surface area contributed by atoms with E-state index in [1.807, 2.05) is 20.8 Å². The third-order valence-corrected chi connectivity index (χ3v) is 7.02. The lowest BCUT2D eigenvalue weighted by molar-refractivity contribution is -0.140. The highest BCUT2D eigenvalue weighted by atomic mass is 32.2. The van der Waals surface area contributed by atoms with Gasteiger partial charge in [0.05, 0.1) is 11.4 Å². The average molecular weight is 478 g/mol. The van der Waals surface area contributed by atoms with E-state index in [1.54, 1.807) is 19.1 Å². The Balaban J connectivity index is 2.24. The average Bonchev–Trinajstić information content (AvgIpc) is 2.76. The number of hydrogen-bond donors (Lipinski definition) is 1. The van der Waals surface area contributed by atoms with Gasteiger partial charge in [0, 0.05) is 20.1 Å². The highest BCUT2D eigenvalue weighted by Crippen LogP contribution is 2.17. The molecule has 9 heteroatoms. The summed E-state index contributed by atoms with van der Waals surface area (Å²) in [5.41, 5.74) is 1.54. The largest absolute Gasteiger partial charge is 0.354 e. The molecule has 180 valence electrons. The molecule has 0 fully saturated rings. The van der Waals surface area contributed by atoms with Crippen molar-refractivity contribution in [3.63, 3.8) is 0 Å². The fraction of sp³-hybridized carbons (Fsp3) is 0.417. The Morgan fingerprint density at radius 2 is 1.58 bits per heavy atom. The van der Waals surface area contributed by atoms with Crippen LogP contribution < -0.4 is 5.32 Å². The number of rotatable bonds is 10. The molecule has 7 nitrogen and oxygen atoms in total. The van der Waals surface area contributed by atoms with Crippen LogP contribution in [0, 0.1) is 18.7 Å². The van der Waals surface area contributed by atoms with Gasteiger partial charge in [-0.3, -0.25) is 9.59 Å². The van der Waals surface area contributed by atoms with Crippen molar-refractivity contribution in [3.8, 4) is 0 Å². The fourth-order valence-electron chi connectivity index (χ4n) is 3.08. The van der Waals surface area contributed by atoms with Gasteiger partial charge in [0.25, 0.3) is 0 Å². The molecule has 2 amide bonds. The van der Waals surface area contributed by atoms with Crippen molar-refractivity contribution in [3.05, 3.63) is 65.5 Å². The number of nitrogens with zero attached hydrogens (tertiary/aromatic N) is 2. The van der Waals surface area contributed by atoms with E-state index in [1.165, 1.54) is 48.3 Å². The monoisotopic (exact) mass is 477 g/mol. The van der Waals surface area contributed by atoms with Gasteiger partial charge >= 0.3 is 0 Å². The number of sulfonamides is 1. The summed E-state index contributed by atoms with van der Waals surface area (Å²) in [6, 6.07) is 11.1. The quantitative estimate of drug-likeness (QED) is 0.570.